The van der Waals surface area contributed by atoms with Crippen LogP contribution in [0.3, 0.4) is 0 Å². The van der Waals surface area contributed by atoms with Gasteiger partial charge in [0, 0.05) is 18.6 Å². The van der Waals surface area contributed by atoms with Crippen LogP contribution in [0.15, 0.2) is 30.3 Å². The van der Waals surface area contributed by atoms with E-state index < -0.39 is 17.8 Å². The molecule has 1 aromatic rings. The second-order valence-electron chi connectivity index (χ2n) is 7.21. The van der Waals surface area contributed by atoms with Crippen molar-refractivity contribution in [3.8, 4) is 0 Å². The molecule has 0 radical (unpaired) electrons. The molecule has 0 aromatic heterocycles. The molecule has 0 bridgehead atoms. The highest BCUT2D eigenvalue weighted by Crippen LogP contribution is 2.26. The first-order valence-corrected chi connectivity index (χ1v) is 8.27. The number of carbonyl (C=O) groups excluding carboxylic acids is 1. The van der Waals surface area contributed by atoms with Crippen molar-refractivity contribution < 1.29 is 19.4 Å². The predicted octanol–water partition coefficient (Wildman–Crippen LogP) is 3.61. The number of carboxylic acid groups (broad SMARTS) is 1. The van der Waals surface area contributed by atoms with Crippen LogP contribution in [0.25, 0.3) is 0 Å². The molecule has 6 nitrogen and oxygen atoms in total. The Kier molecular flexibility index (Phi) is 5.70. The van der Waals surface area contributed by atoms with E-state index in [9.17, 15) is 14.7 Å². The first-order chi connectivity index (χ1) is 11.2. The first kappa shape index (κ1) is 18.1. The van der Waals surface area contributed by atoms with E-state index in [0.29, 0.717) is 13.0 Å². The van der Waals surface area contributed by atoms with Crippen molar-refractivity contribution in [1.29, 1.82) is 0 Å². The molecule has 1 fully saturated rings. The number of hydrogen-bond donors (Lipinski definition) is 2. The van der Waals surface area contributed by atoms with E-state index in [4.69, 9.17) is 4.74 Å². The van der Waals surface area contributed by atoms with E-state index in [2.05, 4.69) is 5.32 Å². The maximum Gasteiger partial charge on any atom is 0.407 e. The number of nitrogens with one attached hydrogen (secondary N) is 1. The third-order valence-corrected chi connectivity index (χ3v) is 4.01. The zero-order chi connectivity index (χ0) is 17.7. The Balaban J connectivity index is 1.92. The molecule has 0 spiro atoms. The minimum Gasteiger partial charge on any atom is -0.465 e. The molecule has 0 unspecified atom stereocenters. The third-order valence-electron chi connectivity index (χ3n) is 4.01. The summed E-state index contributed by atoms with van der Waals surface area (Å²) in [6, 6.07) is 9.39. The Labute approximate surface area is 142 Å². The molecule has 2 rings (SSSR count). The second kappa shape index (κ2) is 7.55. The van der Waals surface area contributed by atoms with Crippen LogP contribution in [0, 0.1) is 0 Å². The van der Waals surface area contributed by atoms with Crippen molar-refractivity contribution in [1.82, 2.24) is 10.2 Å². The topological polar surface area (TPSA) is 78.9 Å². The standard InChI is InChI=1S/C18H26N2O4/c1-18(2,3)24-16(21)19-14-9-10-15(11-14)20(17(22)23)12-13-7-5-4-6-8-13/h4-8,14-15H,9-12H2,1-3H3,(H,19,21)(H,22,23)/t14-,15+/m1/s1. The van der Waals surface area contributed by atoms with E-state index in [1.165, 1.54) is 4.90 Å². The molecule has 2 N–H and O–H groups in total. The van der Waals surface area contributed by atoms with Gasteiger partial charge < -0.3 is 20.1 Å². The third kappa shape index (κ3) is 5.44. The van der Waals surface area contributed by atoms with Gasteiger partial charge in [-0.1, -0.05) is 30.3 Å². The summed E-state index contributed by atoms with van der Waals surface area (Å²) in [6.45, 7) is 5.81. The Morgan fingerprint density at radius 3 is 2.50 bits per heavy atom. The van der Waals surface area contributed by atoms with Crippen LogP contribution in [-0.4, -0.2) is 39.9 Å². The summed E-state index contributed by atoms with van der Waals surface area (Å²) >= 11 is 0. The number of benzene rings is 1. The van der Waals surface area contributed by atoms with Crippen LogP contribution >= 0.6 is 0 Å². The molecule has 0 heterocycles. The molecule has 1 aliphatic carbocycles. The highest BCUT2D eigenvalue weighted by atomic mass is 16.6. The Morgan fingerprint density at radius 1 is 1.25 bits per heavy atom. The predicted molar refractivity (Wildman–Crippen MR) is 90.8 cm³/mol. The van der Waals surface area contributed by atoms with E-state index in [1.807, 2.05) is 51.1 Å². The van der Waals surface area contributed by atoms with Crippen molar-refractivity contribution in [2.45, 2.75) is 64.3 Å². The van der Waals surface area contributed by atoms with E-state index >= 15 is 0 Å². The zero-order valence-corrected chi connectivity index (χ0v) is 14.5. The van der Waals surface area contributed by atoms with Crippen molar-refractivity contribution in [3.05, 3.63) is 35.9 Å². The highest BCUT2D eigenvalue weighted by Gasteiger charge is 2.33. The molecule has 1 aromatic carbocycles. The number of nitrogens with zero attached hydrogens (tertiary/aromatic N) is 1. The van der Waals surface area contributed by atoms with Crippen LogP contribution in [0.5, 0.6) is 0 Å². The number of amides is 2. The Hall–Kier alpha value is -2.24. The number of rotatable bonds is 4. The molecule has 0 saturated heterocycles. The minimum atomic E-state index is -0.929. The van der Waals surface area contributed by atoms with Gasteiger partial charge in [-0.25, -0.2) is 9.59 Å². The maximum atomic E-state index is 11.9. The molecule has 132 valence electrons. The average molecular weight is 334 g/mol. The number of alkyl carbamates (subject to hydrolysis) is 1. The molecular formula is C18H26N2O4. The number of ether oxygens (including phenoxy) is 1. The summed E-state index contributed by atoms with van der Waals surface area (Å²) in [4.78, 5) is 24.9. The summed E-state index contributed by atoms with van der Waals surface area (Å²) < 4.78 is 5.26. The largest absolute Gasteiger partial charge is 0.465 e. The van der Waals surface area contributed by atoms with Crippen molar-refractivity contribution in [3.63, 3.8) is 0 Å². The molecule has 6 heteroatoms. The van der Waals surface area contributed by atoms with Gasteiger partial charge in [-0.3, -0.25) is 0 Å². The van der Waals surface area contributed by atoms with E-state index in [1.54, 1.807) is 0 Å². The van der Waals surface area contributed by atoms with Crippen LogP contribution in [0.1, 0.15) is 45.6 Å². The van der Waals surface area contributed by atoms with Crippen molar-refractivity contribution >= 4 is 12.2 Å². The maximum absolute atomic E-state index is 11.9. The zero-order valence-electron chi connectivity index (χ0n) is 14.5. The van der Waals surface area contributed by atoms with Gasteiger partial charge in [-0.05, 0) is 45.6 Å². The summed E-state index contributed by atoms with van der Waals surface area (Å²) in [7, 11) is 0. The van der Waals surface area contributed by atoms with Crippen LogP contribution in [0.2, 0.25) is 0 Å². The van der Waals surface area contributed by atoms with Crippen LogP contribution in [0.4, 0.5) is 9.59 Å². The summed E-state index contributed by atoms with van der Waals surface area (Å²) in [5.74, 6) is 0. The first-order valence-electron chi connectivity index (χ1n) is 8.27. The fourth-order valence-corrected chi connectivity index (χ4v) is 2.98. The monoisotopic (exact) mass is 334 g/mol. The van der Waals surface area contributed by atoms with E-state index in [0.717, 1.165) is 18.4 Å². The summed E-state index contributed by atoms with van der Waals surface area (Å²) in [6.07, 6.45) is 0.723. The van der Waals surface area contributed by atoms with Gasteiger partial charge in [-0.15, -0.1) is 0 Å². The lowest BCUT2D eigenvalue weighted by Gasteiger charge is -2.26. The van der Waals surface area contributed by atoms with Gasteiger partial charge in [0.05, 0.1) is 0 Å². The normalized spacial score (nSPS) is 20.5. The second-order valence-corrected chi connectivity index (χ2v) is 7.21. The fraction of sp³-hybridized carbons (Fsp3) is 0.556. The lowest BCUT2D eigenvalue weighted by molar-refractivity contribution is 0.0503. The number of hydrogen-bond acceptors (Lipinski definition) is 3. The van der Waals surface area contributed by atoms with Gasteiger partial charge in [-0.2, -0.15) is 0 Å². The Morgan fingerprint density at radius 2 is 1.92 bits per heavy atom. The summed E-state index contributed by atoms with van der Waals surface area (Å²) in [5, 5.41) is 12.4. The van der Waals surface area contributed by atoms with Gasteiger partial charge in [0.1, 0.15) is 5.60 Å². The smallest absolute Gasteiger partial charge is 0.407 e. The highest BCUT2D eigenvalue weighted by molar-refractivity contribution is 5.68. The van der Waals surface area contributed by atoms with Gasteiger partial charge in [0.15, 0.2) is 0 Å². The van der Waals surface area contributed by atoms with Gasteiger partial charge >= 0.3 is 12.2 Å². The quantitative estimate of drug-likeness (QED) is 0.881. The summed E-state index contributed by atoms with van der Waals surface area (Å²) in [5.41, 5.74) is 0.422. The average Bonchev–Trinajstić information content (AvgIpc) is 2.91. The molecule has 2 atom stereocenters. The lowest BCUT2D eigenvalue weighted by Crippen LogP contribution is -2.41. The van der Waals surface area contributed by atoms with Crippen LogP contribution in [-0.2, 0) is 11.3 Å². The molecular weight excluding hydrogens is 308 g/mol. The van der Waals surface area contributed by atoms with Gasteiger partial charge in [0.25, 0.3) is 0 Å². The molecule has 0 aliphatic heterocycles. The number of carbonyl (C=O) groups is 2. The molecule has 1 saturated carbocycles. The van der Waals surface area contributed by atoms with Crippen molar-refractivity contribution in [2.24, 2.45) is 0 Å². The molecule has 24 heavy (non-hydrogen) atoms. The fourth-order valence-electron chi connectivity index (χ4n) is 2.98. The van der Waals surface area contributed by atoms with E-state index in [-0.39, 0.29) is 12.1 Å². The van der Waals surface area contributed by atoms with Crippen molar-refractivity contribution in [2.75, 3.05) is 0 Å². The van der Waals surface area contributed by atoms with Gasteiger partial charge in [0.2, 0.25) is 0 Å². The SMILES string of the molecule is CC(C)(C)OC(=O)N[C@@H]1CC[C@H](N(Cc2ccccc2)C(=O)O)C1. The molecule has 1 aliphatic rings. The minimum absolute atomic E-state index is 0.0533. The van der Waals surface area contributed by atoms with Crippen LogP contribution < -0.4 is 5.32 Å². The lowest BCUT2D eigenvalue weighted by atomic mass is 10.1. The Bertz CT molecular complexity index is 568. The molecule has 2 amide bonds.